The first kappa shape index (κ1) is 17.1. The molecule has 0 aromatic heterocycles. The second-order valence-corrected chi connectivity index (χ2v) is 5.57. The molecule has 0 saturated carbocycles. The Morgan fingerprint density at radius 3 is 1.60 bits per heavy atom. The van der Waals surface area contributed by atoms with Crippen molar-refractivity contribution in [1.82, 2.24) is 0 Å². The highest BCUT2D eigenvalue weighted by atomic mass is 24.5. The Morgan fingerprint density at radius 2 is 1.53 bits per heavy atom. The topological polar surface area (TPSA) is 83.8 Å². The van der Waals surface area contributed by atoms with Crippen LogP contribution in [0, 0.1) is 0 Å². The van der Waals surface area contributed by atoms with Crippen molar-refractivity contribution in [3.63, 3.8) is 0 Å². The molecule has 0 atom stereocenters. The molecular formula is C9H18MgO5. The van der Waals surface area contributed by atoms with E-state index in [1.807, 2.05) is 0 Å². The molecule has 0 aromatic rings. The molecule has 0 radical (unpaired) electrons. The first-order valence-corrected chi connectivity index (χ1v) is 7.08. The molecule has 0 aliphatic carbocycles. The van der Waals surface area contributed by atoms with Crippen molar-refractivity contribution in [2.45, 2.75) is 36.0 Å². The Balaban J connectivity index is 0. The summed E-state index contributed by atoms with van der Waals surface area (Å²) < 4.78 is 7.33. The SMILES string of the molecule is CCOC(C(=O)O)C(=O)O.C[CH2][Mg][CH2]C. The molecule has 0 aliphatic rings. The molecule has 0 heterocycles. The number of carbonyl (C=O) groups is 2. The summed E-state index contributed by atoms with van der Waals surface area (Å²) in [5.41, 5.74) is 0. The molecule has 0 aromatic carbocycles. The normalized spacial score (nSPS) is 8.80. The van der Waals surface area contributed by atoms with Crippen LogP contribution in [0.2, 0.25) is 9.10 Å². The van der Waals surface area contributed by atoms with Gasteiger partial charge in [-0.25, -0.2) is 9.59 Å². The molecule has 0 amide bonds. The van der Waals surface area contributed by atoms with Crippen molar-refractivity contribution in [2.24, 2.45) is 0 Å². The molecule has 0 spiro atoms. The van der Waals surface area contributed by atoms with Crippen LogP contribution >= 0.6 is 0 Å². The van der Waals surface area contributed by atoms with Crippen molar-refractivity contribution in [2.75, 3.05) is 6.61 Å². The van der Waals surface area contributed by atoms with Crippen molar-refractivity contribution in [3.05, 3.63) is 0 Å². The Hall–Kier alpha value is -0.334. The van der Waals surface area contributed by atoms with E-state index in [9.17, 15) is 9.59 Å². The van der Waals surface area contributed by atoms with Gasteiger partial charge in [0.2, 0.25) is 0 Å². The molecule has 5 nitrogen and oxygen atoms in total. The van der Waals surface area contributed by atoms with Gasteiger partial charge in [-0.05, 0) is 6.92 Å². The maximum Gasteiger partial charge on any atom is 0.363 e. The summed E-state index contributed by atoms with van der Waals surface area (Å²) in [6, 6.07) is 0. The van der Waals surface area contributed by atoms with Crippen molar-refractivity contribution in [1.29, 1.82) is 0 Å². The van der Waals surface area contributed by atoms with Crippen LogP contribution in [-0.4, -0.2) is 55.2 Å². The number of carboxylic acid groups (broad SMARTS) is 2. The second kappa shape index (κ2) is 11.7. The Bertz CT molecular complexity index is 167. The number of hydrogen-bond acceptors (Lipinski definition) is 3. The molecule has 0 aliphatic heterocycles. The van der Waals surface area contributed by atoms with E-state index >= 15 is 0 Å². The number of rotatable bonds is 6. The van der Waals surface area contributed by atoms with Crippen molar-refractivity contribution in [3.8, 4) is 0 Å². The third-order valence-corrected chi connectivity index (χ3v) is 2.90. The second-order valence-electron chi connectivity index (χ2n) is 2.87. The van der Waals surface area contributed by atoms with Gasteiger partial charge in [-0.2, -0.15) is 0 Å². The first-order valence-electron chi connectivity index (χ1n) is 5.08. The van der Waals surface area contributed by atoms with Gasteiger partial charge in [0.25, 0.3) is 6.10 Å². The summed E-state index contributed by atoms with van der Waals surface area (Å²) in [7, 11) is 0. The lowest BCUT2D eigenvalue weighted by atomic mass is 10.4. The van der Waals surface area contributed by atoms with Gasteiger partial charge in [0.05, 0.1) is 0 Å². The number of aliphatic carboxylic acids is 2. The molecule has 6 heteroatoms. The van der Waals surface area contributed by atoms with Gasteiger partial charge in [-0.3, -0.25) is 0 Å². The monoisotopic (exact) mass is 230 g/mol. The van der Waals surface area contributed by atoms with Gasteiger partial charge in [-0.15, -0.1) is 9.10 Å². The van der Waals surface area contributed by atoms with Gasteiger partial charge in [0.15, 0.2) is 0 Å². The quantitative estimate of drug-likeness (QED) is 0.528. The average Bonchev–Trinajstić information content (AvgIpc) is 2.15. The molecule has 0 bridgehead atoms. The van der Waals surface area contributed by atoms with E-state index in [2.05, 4.69) is 18.6 Å². The van der Waals surface area contributed by atoms with Crippen LogP contribution in [0.3, 0.4) is 0 Å². The van der Waals surface area contributed by atoms with Crippen LogP contribution in [0.15, 0.2) is 0 Å². The summed E-state index contributed by atoms with van der Waals surface area (Å²) in [5.74, 6) is -2.95. The lowest BCUT2D eigenvalue weighted by Crippen LogP contribution is -2.32. The minimum absolute atomic E-state index is 0.0727. The summed E-state index contributed by atoms with van der Waals surface area (Å²) >= 11 is 0.432. The van der Waals surface area contributed by atoms with E-state index in [4.69, 9.17) is 10.2 Å². The summed E-state index contributed by atoms with van der Waals surface area (Å²) in [6.07, 6.45) is -1.73. The standard InChI is InChI=1S/C5H8O5.2C2H5.Mg/c1-2-10-3(4(6)7)5(8)9;2*1-2;/h3H,2H2,1H3,(H,6,7)(H,8,9);2*1H2,2H3;. The minimum Gasteiger partial charge on any atom is -0.479 e. The maximum absolute atomic E-state index is 10.0. The van der Waals surface area contributed by atoms with E-state index in [1.54, 1.807) is 0 Å². The third kappa shape index (κ3) is 11.6. The Labute approximate surface area is 99.5 Å². The largest absolute Gasteiger partial charge is 0.479 e. The molecule has 0 saturated heterocycles. The van der Waals surface area contributed by atoms with E-state index < -0.39 is 18.0 Å². The van der Waals surface area contributed by atoms with Crippen molar-refractivity contribution >= 4 is 32.3 Å². The van der Waals surface area contributed by atoms with Crippen LogP contribution in [0.5, 0.6) is 0 Å². The number of hydrogen-bond donors (Lipinski definition) is 2. The molecule has 2 N–H and O–H groups in total. The fraction of sp³-hybridized carbons (Fsp3) is 0.778. The fourth-order valence-electron chi connectivity index (χ4n) is 0.768. The predicted octanol–water partition coefficient (Wildman–Crippen LogP) is 1.13. The number of carboxylic acids is 2. The number of ether oxygens (including phenoxy) is 1. The van der Waals surface area contributed by atoms with Gasteiger partial charge in [0.1, 0.15) is 0 Å². The highest BCUT2D eigenvalue weighted by Gasteiger charge is 2.25. The molecule has 0 unspecified atom stereocenters. The van der Waals surface area contributed by atoms with Crippen LogP contribution in [-0.2, 0) is 14.3 Å². The van der Waals surface area contributed by atoms with Crippen LogP contribution in [0.4, 0.5) is 0 Å². The van der Waals surface area contributed by atoms with E-state index in [1.165, 1.54) is 16.0 Å². The summed E-state index contributed by atoms with van der Waals surface area (Å²) in [4.78, 5) is 20.1. The highest BCUT2D eigenvalue weighted by Crippen LogP contribution is 1.91. The zero-order valence-electron chi connectivity index (χ0n) is 9.52. The van der Waals surface area contributed by atoms with E-state index in [0.29, 0.717) is 20.4 Å². The van der Waals surface area contributed by atoms with Gasteiger partial charge in [-0.1, -0.05) is 13.8 Å². The Kier molecular flexibility index (Phi) is 13.4. The van der Waals surface area contributed by atoms with E-state index in [0.717, 1.165) is 0 Å². The lowest BCUT2D eigenvalue weighted by Gasteiger charge is -2.05. The molecule has 0 fully saturated rings. The summed E-state index contributed by atoms with van der Waals surface area (Å²) in [6.45, 7) is 6.15. The average molecular weight is 231 g/mol. The van der Waals surface area contributed by atoms with Crippen LogP contribution in [0.1, 0.15) is 20.8 Å². The predicted molar refractivity (Wildman–Crippen MR) is 57.4 cm³/mol. The molecule has 0 rings (SSSR count). The molecule has 15 heavy (non-hydrogen) atoms. The van der Waals surface area contributed by atoms with E-state index in [-0.39, 0.29) is 6.61 Å². The third-order valence-electron chi connectivity index (χ3n) is 1.49. The summed E-state index contributed by atoms with van der Waals surface area (Å²) in [5, 5.41) is 16.3. The van der Waals surface area contributed by atoms with Gasteiger partial charge < -0.3 is 14.9 Å². The fourth-order valence-corrected chi connectivity index (χ4v) is 1.48. The van der Waals surface area contributed by atoms with Gasteiger partial charge >= 0.3 is 32.3 Å². The van der Waals surface area contributed by atoms with Crippen LogP contribution in [0.25, 0.3) is 0 Å². The zero-order chi connectivity index (χ0) is 12.3. The van der Waals surface area contributed by atoms with Crippen LogP contribution < -0.4 is 0 Å². The first-order chi connectivity index (χ1) is 7.01. The highest BCUT2D eigenvalue weighted by molar-refractivity contribution is 6.34. The minimum atomic E-state index is -1.73. The molecular weight excluding hydrogens is 212 g/mol. The molecule has 86 valence electrons. The smallest absolute Gasteiger partial charge is 0.363 e. The Morgan fingerprint density at radius 1 is 1.13 bits per heavy atom. The maximum atomic E-state index is 10.0. The van der Waals surface area contributed by atoms with Gasteiger partial charge in [0, 0.05) is 6.61 Å². The lowest BCUT2D eigenvalue weighted by molar-refractivity contribution is -0.165. The van der Waals surface area contributed by atoms with Crippen molar-refractivity contribution < 1.29 is 24.5 Å². The zero-order valence-corrected chi connectivity index (χ0v) is 10.9.